The molecule has 3 rings (SSSR count). The van der Waals surface area contributed by atoms with E-state index in [0.29, 0.717) is 53.6 Å². The molecule has 24 heavy (non-hydrogen) atoms. The molecule has 0 atom stereocenters. The van der Waals surface area contributed by atoms with E-state index in [0.717, 1.165) is 0 Å². The van der Waals surface area contributed by atoms with Gasteiger partial charge in [0, 0.05) is 30.5 Å². The Morgan fingerprint density at radius 3 is 2.88 bits per heavy atom. The van der Waals surface area contributed by atoms with Gasteiger partial charge in [-0.05, 0) is 24.3 Å². The number of halogens is 1. The molecule has 0 radical (unpaired) electrons. The number of nitriles is 1. The summed E-state index contributed by atoms with van der Waals surface area (Å²) in [4.78, 5) is 20.4. The molecule has 124 valence electrons. The van der Waals surface area contributed by atoms with E-state index in [2.05, 4.69) is 11.1 Å². The first-order chi connectivity index (χ1) is 11.6. The van der Waals surface area contributed by atoms with E-state index < -0.39 is 0 Å². The smallest absolute Gasteiger partial charge is 0.242 e. The van der Waals surface area contributed by atoms with Gasteiger partial charge in [0.2, 0.25) is 5.91 Å². The monoisotopic (exact) mass is 344 g/mol. The third kappa shape index (κ3) is 3.42. The van der Waals surface area contributed by atoms with Gasteiger partial charge in [-0.3, -0.25) is 4.79 Å². The number of nitrogens with zero attached hydrogens (tertiary/aromatic N) is 4. The quantitative estimate of drug-likeness (QED) is 0.852. The lowest BCUT2D eigenvalue weighted by Crippen LogP contribution is -2.45. The Hall–Kier alpha value is -2.36. The van der Waals surface area contributed by atoms with Crippen molar-refractivity contribution in [1.82, 2.24) is 9.88 Å². The van der Waals surface area contributed by atoms with Crippen LogP contribution in [0.3, 0.4) is 0 Å². The Labute approximate surface area is 145 Å². The zero-order chi connectivity index (χ0) is 17.1. The van der Waals surface area contributed by atoms with E-state index in [9.17, 15) is 10.1 Å². The maximum absolute atomic E-state index is 12.4. The molecule has 1 aromatic carbocycles. The lowest BCUT2D eigenvalue weighted by Gasteiger charge is -2.29. The first-order valence-corrected chi connectivity index (χ1v) is 8.03. The van der Waals surface area contributed by atoms with Crippen molar-refractivity contribution in [2.45, 2.75) is 0 Å². The number of benzene rings is 1. The highest BCUT2D eigenvalue weighted by Gasteiger charge is 2.19. The standard InChI is InChI=1S/C17H17ClN4O2/c1-21(11-17(23)22-4-6-24-7-5-22)16-8-12(10-19)14-9-13(18)2-3-15(14)20-16/h2-3,8-9H,4-7,11H2,1H3. The van der Waals surface area contributed by atoms with Crippen molar-refractivity contribution in [2.24, 2.45) is 0 Å². The molecule has 1 aliphatic rings. The van der Waals surface area contributed by atoms with Gasteiger partial charge in [-0.1, -0.05) is 11.6 Å². The van der Waals surface area contributed by atoms with Crippen LogP contribution in [0.1, 0.15) is 5.56 Å². The number of hydrogen-bond donors (Lipinski definition) is 0. The summed E-state index contributed by atoms with van der Waals surface area (Å²) < 4.78 is 5.26. The predicted octanol–water partition coefficient (Wildman–Crippen LogP) is 2.05. The largest absolute Gasteiger partial charge is 0.378 e. The SMILES string of the molecule is CN(CC(=O)N1CCOCC1)c1cc(C#N)c2cc(Cl)ccc2n1. The molecule has 1 aliphatic heterocycles. The Morgan fingerprint density at radius 1 is 1.42 bits per heavy atom. The molecule has 6 nitrogen and oxygen atoms in total. The second-order valence-corrected chi connectivity index (χ2v) is 6.09. The number of likely N-dealkylation sites (N-methyl/N-ethyl adjacent to an activating group) is 1. The van der Waals surface area contributed by atoms with Crippen molar-refractivity contribution >= 4 is 34.2 Å². The molecule has 0 N–H and O–H groups in total. The van der Waals surface area contributed by atoms with Crippen molar-refractivity contribution in [3.63, 3.8) is 0 Å². The van der Waals surface area contributed by atoms with E-state index in [1.54, 1.807) is 41.1 Å². The highest BCUT2D eigenvalue weighted by Crippen LogP contribution is 2.25. The minimum Gasteiger partial charge on any atom is -0.378 e. The molecule has 0 spiro atoms. The van der Waals surface area contributed by atoms with Crippen LogP contribution in [-0.4, -0.2) is 55.7 Å². The number of carbonyl (C=O) groups excluding carboxylic acids is 1. The number of hydrogen-bond acceptors (Lipinski definition) is 5. The third-order valence-electron chi connectivity index (χ3n) is 4.00. The molecule has 2 aromatic rings. The lowest BCUT2D eigenvalue weighted by atomic mass is 10.1. The van der Waals surface area contributed by atoms with Crippen LogP contribution < -0.4 is 4.90 Å². The summed E-state index contributed by atoms with van der Waals surface area (Å²) in [5, 5.41) is 10.7. The second kappa shape index (κ2) is 7.04. The maximum Gasteiger partial charge on any atom is 0.242 e. The fraction of sp³-hybridized carbons (Fsp3) is 0.353. The van der Waals surface area contributed by atoms with E-state index in [1.807, 2.05) is 0 Å². The second-order valence-electron chi connectivity index (χ2n) is 5.65. The first kappa shape index (κ1) is 16.5. The molecule has 0 unspecified atom stereocenters. The van der Waals surface area contributed by atoms with Gasteiger partial charge in [-0.2, -0.15) is 5.26 Å². The van der Waals surface area contributed by atoms with Crippen LogP contribution in [0.25, 0.3) is 10.9 Å². The number of fused-ring (bicyclic) bond motifs is 1. The van der Waals surface area contributed by atoms with Gasteiger partial charge in [0.1, 0.15) is 5.82 Å². The average molecular weight is 345 g/mol. The van der Waals surface area contributed by atoms with Gasteiger partial charge in [-0.15, -0.1) is 0 Å². The van der Waals surface area contributed by atoms with Crippen LogP contribution in [0.15, 0.2) is 24.3 Å². The Bertz CT molecular complexity index is 812. The Kier molecular flexibility index (Phi) is 4.84. The van der Waals surface area contributed by atoms with Crippen molar-refractivity contribution in [3.05, 3.63) is 34.9 Å². The van der Waals surface area contributed by atoms with E-state index in [4.69, 9.17) is 16.3 Å². The summed E-state index contributed by atoms with van der Waals surface area (Å²) in [6.45, 7) is 2.57. The number of ether oxygens (including phenoxy) is 1. The average Bonchev–Trinajstić information content (AvgIpc) is 2.61. The first-order valence-electron chi connectivity index (χ1n) is 7.65. The van der Waals surface area contributed by atoms with E-state index in [1.165, 1.54) is 0 Å². The van der Waals surface area contributed by atoms with Gasteiger partial charge in [0.15, 0.2) is 0 Å². The van der Waals surface area contributed by atoms with Crippen molar-refractivity contribution < 1.29 is 9.53 Å². The fourth-order valence-corrected chi connectivity index (χ4v) is 2.84. The summed E-state index contributed by atoms with van der Waals surface area (Å²) in [6, 6.07) is 9.10. The highest BCUT2D eigenvalue weighted by atomic mass is 35.5. The molecule has 0 saturated carbocycles. The number of aromatic nitrogens is 1. The molecule has 0 bridgehead atoms. The van der Waals surface area contributed by atoms with Crippen LogP contribution in [-0.2, 0) is 9.53 Å². The molecule has 0 aliphatic carbocycles. The van der Waals surface area contributed by atoms with Crippen LogP contribution in [0.4, 0.5) is 5.82 Å². The molecular weight excluding hydrogens is 328 g/mol. The molecule has 2 heterocycles. The van der Waals surface area contributed by atoms with Crippen molar-refractivity contribution in [2.75, 3.05) is 44.8 Å². The molecule has 1 saturated heterocycles. The summed E-state index contributed by atoms with van der Waals surface area (Å²) >= 11 is 6.00. The Morgan fingerprint density at radius 2 is 2.17 bits per heavy atom. The van der Waals surface area contributed by atoms with Crippen LogP contribution in [0, 0.1) is 11.3 Å². The molecule has 7 heteroatoms. The number of amides is 1. The summed E-state index contributed by atoms with van der Waals surface area (Å²) in [7, 11) is 1.80. The van der Waals surface area contributed by atoms with Crippen LogP contribution in [0.5, 0.6) is 0 Å². The molecule has 1 fully saturated rings. The normalized spacial score (nSPS) is 14.5. The Balaban J connectivity index is 1.84. The van der Waals surface area contributed by atoms with Gasteiger partial charge in [-0.25, -0.2) is 4.98 Å². The van der Waals surface area contributed by atoms with E-state index in [-0.39, 0.29) is 12.5 Å². The third-order valence-corrected chi connectivity index (χ3v) is 4.24. The van der Waals surface area contributed by atoms with E-state index >= 15 is 0 Å². The number of anilines is 1. The summed E-state index contributed by atoms with van der Waals surface area (Å²) in [5.74, 6) is 0.611. The van der Waals surface area contributed by atoms with Crippen LogP contribution >= 0.6 is 11.6 Å². The zero-order valence-corrected chi connectivity index (χ0v) is 14.1. The topological polar surface area (TPSA) is 69.5 Å². The number of pyridine rings is 1. The molecule has 1 amide bonds. The fourth-order valence-electron chi connectivity index (χ4n) is 2.67. The minimum atomic E-state index is 0.0253. The van der Waals surface area contributed by atoms with Crippen molar-refractivity contribution in [1.29, 1.82) is 5.26 Å². The minimum absolute atomic E-state index is 0.0253. The maximum atomic E-state index is 12.4. The van der Waals surface area contributed by atoms with Gasteiger partial charge >= 0.3 is 0 Å². The highest BCUT2D eigenvalue weighted by molar-refractivity contribution is 6.31. The zero-order valence-electron chi connectivity index (χ0n) is 13.3. The molecule has 1 aromatic heterocycles. The van der Waals surface area contributed by atoms with Gasteiger partial charge in [0.25, 0.3) is 0 Å². The lowest BCUT2D eigenvalue weighted by molar-refractivity contribution is -0.133. The van der Waals surface area contributed by atoms with Crippen LogP contribution in [0.2, 0.25) is 5.02 Å². The van der Waals surface area contributed by atoms with Gasteiger partial charge < -0.3 is 14.5 Å². The molecular formula is C17H17ClN4O2. The summed E-state index contributed by atoms with van der Waals surface area (Å²) in [6.07, 6.45) is 0. The number of rotatable bonds is 3. The predicted molar refractivity (Wildman–Crippen MR) is 92.1 cm³/mol. The number of carbonyl (C=O) groups is 1. The van der Waals surface area contributed by atoms with Crippen molar-refractivity contribution in [3.8, 4) is 6.07 Å². The number of morpholine rings is 1. The van der Waals surface area contributed by atoms with Gasteiger partial charge in [0.05, 0.1) is 36.9 Å². The summed E-state index contributed by atoms with van der Waals surface area (Å²) in [5.41, 5.74) is 1.17.